The summed E-state index contributed by atoms with van der Waals surface area (Å²) in [6, 6.07) is 5.75. The maximum Gasteiger partial charge on any atom is 0.329 e. The number of H-pyrrole nitrogens is 1. The van der Waals surface area contributed by atoms with E-state index in [0.717, 1.165) is 29.6 Å². The van der Waals surface area contributed by atoms with Gasteiger partial charge in [-0.25, -0.2) is 4.79 Å². The van der Waals surface area contributed by atoms with Crippen molar-refractivity contribution in [1.29, 1.82) is 5.26 Å². The first-order valence-corrected chi connectivity index (χ1v) is 7.82. The van der Waals surface area contributed by atoms with E-state index in [9.17, 15) is 9.59 Å². The minimum atomic E-state index is -0.401. The number of nitrogens with one attached hydrogen (secondary N) is 2. The Morgan fingerprint density at radius 1 is 1.38 bits per heavy atom. The van der Waals surface area contributed by atoms with Gasteiger partial charge in [0.15, 0.2) is 0 Å². The van der Waals surface area contributed by atoms with Gasteiger partial charge in [-0.15, -0.1) is 0 Å². The fourth-order valence-electron chi connectivity index (χ4n) is 2.96. The fourth-order valence-corrected chi connectivity index (χ4v) is 2.96. The van der Waals surface area contributed by atoms with Crippen molar-refractivity contribution >= 4 is 5.82 Å². The molecular formula is C16H20N6O2. The summed E-state index contributed by atoms with van der Waals surface area (Å²) < 4.78 is 2.86. The highest BCUT2D eigenvalue weighted by atomic mass is 16.2. The van der Waals surface area contributed by atoms with Crippen LogP contribution in [0.1, 0.15) is 17.7 Å². The Morgan fingerprint density at radius 3 is 2.83 bits per heavy atom. The fraction of sp³-hybridized carbons (Fsp3) is 0.438. The molecule has 3 rings (SSSR count). The average molecular weight is 328 g/mol. The van der Waals surface area contributed by atoms with Crippen molar-refractivity contribution < 1.29 is 0 Å². The van der Waals surface area contributed by atoms with Crippen molar-refractivity contribution in [1.82, 2.24) is 19.4 Å². The zero-order chi connectivity index (χ0) is 17.3. The minimum absolute atomic E-state index is 0.267. The molecule has 0 amide bonds. The van der Waals surface area contributed by atoms with Crippen LogP contribution in [0.4, 0.5) is 5.82 Å². The molecule has 0 unspecified atom stereocenters. The van der Waals surface area contributed by atoms with E-state index in [0.29, 0.717) is 18.1 Å². The second-order valence-electron chi connectivity index (χ2n) is 6.13. The number of hydrogen-bond acceptors (Lipinski definition) is 5. The van der Waals surface area contributed by atoms with Crippen molar-refractivity contribution in [2.75, 3.05) is 18.0 Å². The summed E-state index contributed by atoms with van der Waals surface area (Å²) in [5, 5.41) is 12.4. The van der Waals surface area contributed by atoms with E-state index in [1.165, 1.54) is 13.1 Å². The molecule has 0 spiro atoms. The average Bonchev–Trinajstić information content (AvgIpc) is 3.16. The molecule has 1 fully saturated rings. The zero-order valence-corrected chi connectivity index (χ0v) is 13.7. The van der Waals surface area contributed by atoms with E-state index in [-0.39, 0.29) is 11.6 Å². The Morgan fingerprint density at radius 2 is 2.17 bits per heavy atom. The molecule has 24 heavy (non-hydrogen) atoms. The molecule has 0 saturated carbocycles. The van der Waals surface area contributed by atoms with Crippen LogP contribution in [-0.2, 0) is 20.6 Å². The lowest BCUT2D eigenvalue weighted by atomic mass is 10.2. The number of aryl methyl sites for hydroxylation is 1. The Bertz CT molecular complexity index is 869. The van der Waals surface area contributed by atoms with Crippen LogP contribution in [0, 0.1) is 11.3 Å². The Balaban J connectivity index is 1.62. The lowest BCUT2D eigenvalue weighted by Crippen LogP contribution is -2.36. The Labute approximate surface area is 138 Å². The van der Waals surface area contributed by atoms with Crippen molar-refractivity contribution in [3.8, 4) is 6.07 Å². The molecule has 0 aromatic carbocycles. The minimum Gasteiger partial charge on any atom is -0.356 e. The Hall–Kier alpha value is -2.79. The van der Waals surface area contributed by atoms with Gasteiger partial charge in [0.1, 0.15) is 17.6 Å². The van der Waals surface area contributed by atoms with E-state index in [1.807, 2.05) is 28.8 Å². The van der Waals surface area contributed by atoms with Crippen molar-refractivity contribution in [2.24, 2.45) is 14.1 Å². The van der Waals surface area contributed by atoms with Gasteiger partial charge >= 0.3 is 5.69 Å². The number of aromatic nitrogens is 3. The third-order valence-electron chi connectivity index (χ3n) is 4.43. The van der Waals surface area contributed by atoms with Crippen molar-refractivity contribution in [3.05, 3.63) is 50.4 Å². The predicted octanol–water partition coefficient (Wildman–Crippen LogP) is -0.348. The second kappa shape index (κ2) is 6.37. The number of rotatable bonds is 4. The van der Waals surface area contributed by atoms with Gasteiger partial charge in [0.25, 0.3) is 5.56 Å². The second-order valence-corrected chi connectivity index (χ2v) is 6.13. The van der Waals surface area contributed by atoms with Gasteiger partial charge in [-0.3, -0.25) is 14.3 Å². The number of nitriles is 1. The molecule has 2 aromatic heterocycles. The molecule has 1 aliphatic heterocycles. The molecular weight excluding hydrogens is 308 g/mol. The van der Waals surface area contributed by atoms with E-state index in [4.69, 9.17) is 5.26 Å². The largest absolute Gasteiger partial charge is 0.356 e. The molecule has 2 N–H and O–H groups in total. The molecule has 0 aliphatic carbocycles. The first kappa shape index (κ1) is 16.1. The zero-order valence-electron chi connectivity index (χ0n) is 13.7. The summed E-state index contributed by atoms with van der Waals surface area (Å²) in [7, 11) is 3.31. The molecule has 126 valence electrons. The van der Waals surface area contributed by atoms with Gasteiger partial charge in [0.05, 0.1) is 0 Å². The predicted molar refractivity (Wildman–Crippen MR) is 89.9 cm³/mol. The lowest BCUT2D eigenvalue weighted by molar-refractivity contribution is 0.551. The first-order chi connectivity index (χ1) is 11.5. The topological polar surface area (TPSA) is 98.8 Å². The number of aromatic amines is 1. The quantitative estimate of drug-likeness (QED) is 0.799. The van der Waals surface area contributed by atoms with Gasteiger partial charge < -0.3 is 14.8 Å². The van der Waals surface area contributed by atoms with Crippen LogP contribution in [0.15, 0.2) is 27.9 Å². The molecule has 3 heterocycles. The van der Waals surface area contributed by atoms with Crippen LogP contribution in [0.5, 0.6) is 0 Å². The number of anilines is 1. The van der Waals surface area contributed by atoms with Gasteiger partial charge in [0, 0.05) is 52.0 Å². The molecule has 1 atom stereocenters. The summed E-state index contributed by atoms with van der Waals surface area (Å²) in [6.07, 6.45) is 2.87. The van der Waals surface area contributed by atoms with Crippen LogP contribution in [0.3, 0.4) is 0 Å². The molecule has 8 nitrogen and oxygen atoms in total. The molecule has 0 radical (unpaired) electrons. The number of nitrogens with zero attached hydrogens (tertiary/aromatic N) is 4. The molecule has 2 aromatic rings. The molecule has 1 aliphatic rings. The standard InChI is InChI=1S/C16H20N6O2/c1-20-9-11(5-13(20)7-17)8-18-12-3-4-22(10-12)14-6-15(23)21(2)16(24)19-14/h5-6,9,12,18H,3-4,8,10H2,1-2H3,(H,19,24)/t12-/m0/s1. The molecule has 0 bridgehead atoms. The summed E-state index contributed by atoms with van der Waals surface area (Å²) >= 11 is 0. The highest BCUT2D eigenvalue weighted by Crippen LogP contribution is 2.16. The highest BCUT2D eigenvalue weighted by molar-refractivity contribution is 5.38. The SMILES string of the molecule is Cn1cc(CN[C@H]2CCN(c3cc(=O)n(C)c(=O)[nH]3)C2)cc1C#N. The number of hydrogen-bond donors (Lipinski definition) is 2. The van der Waals surface area contributed by atoms with Crippen molar-refractivity contribution in [2.45, 2.75) is 19.0 Å². The van der Waals surface area contributed by atoms with Gasteiger partial charge in [-0.2, -0.15) is 5.26 Å². The summed E-state index contributed by atoms with van der Waals surface area (Å²) in [6.45, 7) is 2.18. The Kier molecular flexibility index (Phi) is 4.27. The van der Waals surface area contributed by atoms with Crippen LogP contribution >= 0.6 is 0 Å². The first-order valence-electron chi connectivity index (χ1n) is 7.82. The van der Waals surface area contributed by atoms with Crippen LogP contribution in [-0.4, -0.2) is 33.2 Å². The summed E-state index contributed by atoms with van der Waals surface area (Å²) in [4.78, 5) is 28.2. The smallest absolute Gasteiger partial charge is 0.329 e. The maximum absolute atomic E-state index is 11.7. The van der Waals surface area contributed by atoms with Crippen LogP contribution in [0.25, 0.3) is 0 Å². The van der Waals surface area contributed by atoms with E-state index < -0.39 is 5.69 Å². The van der Waals surface area contributed by atoms with Gasteiger partial charge in [0.2, 0.25) is 0 Å². The molecule has 8 heteroatoms. The van der Waals surface area contributed by atoms with E-state index in [1.54, 1.807) is 0 Å². The summed E-state index contributed by atoms with van der Waals surface area (Å²) in [5.74, 6) is 0.568. The normalized spacial score (nSPS) is 17.2. The molecule has 1 saturated heterocycles. The van der Waals surface area contributed by atoms with Gasteiger partial charge in [-0.1, -0.05) is 0 Å². The van der Waals surface area contributed by atoms with Crippen LogP contribution in [0.2, 0.25) is 0 Å². The van der Waals surface area contributed by atoms with Crippen LogP contribution < -0.4 is 21.5 Å². The third-order valence-corrected chi connectivity index (χ3v) is 4.43. The third kappa shape index (κ3) is 3.12. The van der Waals surface area contributed by atoms with Crippen molar-refractivity contribution in [3.63, 3.8) is 0 Å². The van der Waals surface area contributed by atoms with Gasteiger partial charge in [-0.05, 0) is 18.1 Å². The monoisotopic (exact) mass is 328 g/mol. The highest BCUT2D eigenvalue weighted by Gasteiger charge is 2.23. The maximum atomic E-state index is 11.7. The lowest BCUT2D eigenvalue weighted by Gasteiger charge is -2.18. The van der Waals surface area contributed by atoms with E-state index >= 15 is 0 Å². The van der Waals surface area contributed by atoms with E-state index in [2.05, 4.69) is 16.4 Å². The summed E-state index contributed by atoms with van der Waals surface area (Å²) in [5.41, 5.74) is 0.993.